The maximum absolute atomic E-state index is 13.3. The number of anilines is 1. The Kier molecular flexibility index (Phi) is 4.98. The van der Waals surface area contributed by atoms with Crippen LogP contribution in [0.2, 0.25) is 0 Å². The lowest BCUT2D eigenvalue weighted by Gasteiger charge is -2.14. The van der Waals surface area contributed by atoms with Crippen LogP contribution in [0.5, 0.6) is 0 Å². The molecule has 29 heavy (non-hydrogen) atoms. The molecule has 1 atom stereocenters. The zero-order valence-corrected chi connectivity index (χ0v) is 16.8. The first-order valence-electron chi connectivity index (χ1n) is 9.13. The zero-order chi connectivity index (χ0) is 20.4. The summed E-state index contributed by atoms with van der Waals surface area (Å²) in [4.78, 5) is 4.41. The van der Waals surface area contributed by atoms with E-state index >= 15 is 0 Å². The van der Waals surface area contributed by atoms with Gasteiger partial charge < -0.3 is 14.2 Å². The van der Waals surface area contributed by atoms with E-state index in [4.69, 9.17) is 8.83 Å². The van der Waals surface area contributed by atoms with Gasteiger partial charge in [0.1, 0.15) is 0 Å². The van der Waals surface area contributed by atoms with E-state index in [1.807, 2.05) is 44.2 Å². The van der Waals surface area contributed by atoms with Gasteiger partial charge in [0.25, 0.3) is 5.89 Å². The topological polar surface area (TPSA) is 85.3 Å². The SMILES string of the molecule is Cc1ccc(S(=O)(=O)c2nc(-c3ccco3)oc2NC(C)c2ccccc2)cc1. The minimum absolute atomic E-state index is 0.0772. The van der Waals surface area contributed by atoms with Crippen molar-refractivity contribution >= 4 is 15.7 Å². The number of sulfone groups is 1. The highest BCUT2D eigenvalue weighted by Gasteiger charge is 2.30. The summed E-state index contributed by atoms with van der Waals surface area (Å²) in [6.45, 7) is 3.82. The fourth-order valence-corrected chi connectivity index (χ4v) is 4.20. The van der Waals surface area contributed by atoms with Crippen molar-refractivity contribution < 1.29 is 17.3 Å². The minimum Gasteiger partial charge on any atom is -0.459 e. The molecule has 2 aromatic heterocycles. The summed E-state index contributed by atoms with van der Waals surface area (Å²) in [7, 11) is -3.89. The molecule has 1 unspecified atom stereocenters. The first-order chi connectivity index (χ1) is 13.9. The Morgan fingerprint density at radius 3 is 2.34 bits per heavy atom. The Hall–Kier alpha value is -3.32. The maximum Gasteiger partial charge on any atom is 0.266 e. The predicted molar refractivity (Wildman–Crippen MR) is 109 cm³/mol. The van der Waals surface area contributed by atoms with Gasteiger partial charge in [-0.25, -0.2) is 8.42 Å². The number of nitrogens with one attached hydrogen (secondary N) is 1. The minimum atomic E-state index is -3.89. The molecule has 0 spiro atoms. The van der Waals surface area contributed by atoms with Crippen molar-refractivity contribution in [2.45, 2.75) is 29.8 Å². The molecule has 0 saturated carbocycles. The number of aryl methyl sites for hydroxylation is 1. The van der Waals surface area contributed by atoms with Gasteiger partial charge in [0.2, 0.25) is 20.7 Å². The number of furan rings is 1. The van der Waals surface area contributed by atoms with E-state index in [-0.39, 0.29) is 27.7 Å². The second-order valence-corrected chi connectivity index (χ2v) is 8.59. The van der Waals surface area contributed by atoms with E-state index in [0.29, 0.717) is 5.76 Å². The predicted octanol–water partition coefficient (Wildman–Crippen LogP) is 5.25. The van der Waals surface area contributed by atoms with Gasteiger partial charge in [-0.05, 0) is 43.7 Å². The first kappa shape index (κ1) is 19.0. The van der Waals surface area contributed by atoms with Crippen LogP contribution < -0.4 is 5.32 Å². The lowest BCUT2D eigenvalue weighted by Crippen LogP contribution is -2.10. The van der Waals surface area contributed by atoms with E-state index in [2.05, 4.69) is 10.3 Å². The second kappa shape index (κ2) is 7.60. The largest absolute Gasteiger partial charge is 0.459 e. The molecule has 4 rings (SSSR count). The summed E-state index contributed by atoms with van der Waals surface area (Å²) in [5.41, 5.74) is 1.96. The van der Waals surface area contributed by atoms with Crippen molar-refractivity contribution in [2.24, 2.45) is 0 Å². The van der Waals surface area contributed by atoms with Gasteiger partial charge in [-0.15, -0.1) is 0 Å². The van der Waals surface area contributed by atoms with E-state index in [1.165, 1.54) is 6.26 Å². The molecule has 0 aliphatic heterocycles. The van der Waals surface area contributed by atoms with Crippen molar-refractivity contribution in [2.75, 3.05) is 5.32 Å². The van der Waals surface area contributed by atoms with Gasteiger partial charge in [0, 0.05) is 0 Å². The van der Waals surface area contributed by atoms with Crippen LogP contribution in [0.25, 0.3) is 11.7 Å². The Bertz CT molecular complexity index is 1200. The Labute approximate surface area is 169 Å². The van der Waals surface area contributed by atoms with Crippen LogP contribution in [0.4, 0.5) is 5.88 Å². The van der Waals surface area contributed by atoms with Crippen LogP contribution in [0.15, 0.2) is 91.7 Å². The molecule has 1 N–H and O–H groups in total. The molecule has 0 bridgehead atoms. The van der Waals surface area contributed by atoms with Crippen LogP contribution in [-0.2, 0) is 9.84 Å². The Balaban J connectivity index is 1.78. The van der Waals surface area contributed by atoms with Gasteiger partial charge >= 0.3 is 0 Å². The van der Waals surface area contributed by atoms with E-state index in [9.17, 15) is 8.42 Å². The first-order valence-corrected chi connectivity index (χ1v) is 10.6. The van der Waals surface area contributed by atoms with Gasteiger partial charge in [0.15, 0.2) is 5.76 Å². The summed E-state index contributed by atoms with van der Waals surface area (Å²) in [5, 5.41) is 2.98. The second-order valence-electron chi connectivity index (χ2n) is 6.72. The molecule has 0 aliphatic rings. The zero-order valence-electron chi connectivity index (χ0n) is 16.0. The third-order valence-electron chi connectivity index (χ3n) is 4.56. The Morgan fingerprint density at radius 1 is 0.966 bits per heavy atom. The van der Waals surface area contributed by atoms with E-state index in [0.717, 1.165) is 11.1 Å². The average Bonchev–Trinajstić information content (AvgIpc) is 3.39. The number of rotatable bonds is 6. The summed E-state index contributed by atoms with van der Waals surface area (Å²) in [6.07, 6.45) is 1.48. The van der Waals surface area contributed by atoms with Crippen molar-refractivity contribution in [1.82, 2.24) is 4.98 Å². The molecule has 2 heterocycles. The number of hydrogen-bond donors (Lipinski definition) is 1. The monoisotopic (exact) mass is 408 g/mol. The van der Waals surface area contributed by atoms with Gasteiger partial charge in [-0.3, -0.25) is 0 Å². The highest BCUT2D eigenvalue weighted by Crippen LogP contribution is 2.34. The molecule has 2 aromatic carbocycles. The van der Waals surface area contributed by atoms with E-state index < -0.39 is 9.84 Å². The summed E-state index contributed by atoms with van der Waals surface area (Å²) >= 11 is 0. The van der Waals surface area contributed by atoms with Gasteiger partial charge in [-0.2, -0.15) is 4.98 Å². The van der Waals surface area contributed by atoms with Crippen molar-refractivity contribution in [3.63, 3.8) is 0 Å². The lowest BCUT2D eigenvalue weighted by atomic mass is 10.1. The molecular formula is C22H20N2O4S. The van der Waals surface area contributed by atoms with Crippen LogP contribution in [0.1, 0.15) is 24.1 Å². The van der Waals surface area contributed by atoms with Gasteiger partial charge in [0.05, 0.1) is 17.2 Å². The van der Waals surface area contributed by atoms with Crippen molar-refractivity contribution in [1.29, 1.82) is 0 Å². The molecule has 0 radical (unpaired) electrons. The molecule has 4 aromatic rings. The van der Waals surface area contributed by atoms with Crippen molar-refractivity contribution in [3.8, 4) is 11.7 Å². The normalized spacial score (nSPS) is 12.6. The number of benzene rings is 2. The number of nitrogens with zero attached hydrogens (tertiary/aromatic N) is 1. The summed E-state index contributed by atoms with van der Waals surface area (Å²) < 4.78 is 37.7. The number of hydrogen-bond acceptors (Lipinski definition) is 6. The molecule has 7 heteroatoms. The molecule has 0 saturated heterocycles. The highest BCUT2D eigenvalue weighted by molar-refractivity contribution is 7.91. The molecular weight excluding hydrogens is 388 g/mol. The average molecular weight is 408 g/mol. The fraction of sp³-hybridized carbons (Fsp3) is 0.136. The number of aromatic nitrogens is 1. The van der Waals surface area contributed by atoms with E-state index in [1.54, 1.807) is 36.4 Å². The van der Waals surface area contributed by atoms with Crippen LogP contribution in [0.3, 0.4) is 0 Å². The summed E-state index contributed by atoms with van der Waals surface area (Å²) in [5.74, 6) is 0.530. The standard InChI is InChI=1S/C22H20N2O4S/c1-15-10-12-18(13-11-15)29(25,26)22-21(23-16(2)17-7-4-3-5-8-17)28-20(24-22)19-9-6-14-27-19/h3-14,16,23H,1-2H3. The molecule has 0 aliphatic carbocycles. The fourth-order valence-electron chi connectivity index (χ4n) is 2.94. The lowest BCUT2D eigenvalue weighted by molar-refractivity contribution is 0.520. The molecule has 6 nitrogen and oxygen atoms in total. The summed E-state index contributed by atoms with van der Waals surface area (Å²) in [6, 6.07) is 19.5. The van der Waals surface area contributed by atoms with Crippen LogP contribution >= 0.6 is 0 Å². The van der Waals surface area contributed by atoms with Crippen LogP contribution in [-0.4, -0.2) is 13.4 Å². The third-order valence-corrected chi connectivity index (χ3v) is 6.24. The molecule has 0 amide bonds. The van der Waals surface area contributed by atoms with Crippen LogP contribution in [0, 0.1) is 6.92 Å². The van der Waals surface area contributed by atoms with Crippen molar-refractivity contribution in [3.05, 3.63) is 84.1 Å². The number of oxazole rings is 1. The third kappa shape index (κ3) is 3.82. The van der Waals surface area contributed by atoms with Gasteiger partial charge in [-0.1, -0.05) is 48.0 Å². The molecule has 148 valence electrons. The Morgan fingerprint density at radius 2 is 1.69 bits per heavy atom. The highest BCUT2D eigenvalue weighted by atomic mass is 32.2. The quantitative estimate of drug-likeness (QED) is 0.469. The smallest absolute Gasteiger partial charge is 0.266 e. The molecule has 0 fully saturated rings. The maximum atomic E-state index is 13.3.